The maximum absolute atomic E-state index is 9.18. The minimum absolute atomic E-state index is 0.491. The fourth-order valence-electron chi connectivity index (χ4n) is 1.88. The van der Waals surface area contributed by atoms with E-state index in [-0.39, 0.29) is 0 Å². The molecular formula is C15H15N3O2. The predicted molar refractivity (Wildman–Crippen MR) is 78.4 cm³/mol. The molecule has 0 amide bonds. The molecule has 20 heavy (non-hydrogen) atoms. The zero-order chi connectivity index (χ0) is 14.5. The van der Waals surface area contributed by atoms with E-state index in [0.29, 0.717) is 28.4 Å². The first-order valence-electron chi connectivity index (χ1n) is 5.96. The van der Waals surface area contributed by atoms with Crippen molar-refractivity contribution in [2.45, 2.75) is 0 Å². The number of benzene rings is 2. The number of hydrogen-bond acceptors (Lipinski definition) is 5. The highest BCUT2D eigenvalue weighted by atomic mass is 16.5. The van der Waals surface area contributed by atoms with Gasteiger partial charge >= 0.3 is 0 Å². The Kier molecular flexibility index (Phi) is 3.96. The van der Waals surface area contributed by atoms with Crippen LogP contribution in [0.1, 0.15) is 5.56 Å². The summed E-state index contributed by atoms with van der Waals surface area (Å²) in [5, 5.41) is 12.3. The van der Waals surface area contributed by atoms with E-state index < -0.39 is 0 Å². The summed E-state index contributed by atoms with van der Waals surface area (Å²) in [6.45, 7) is 0. The van der Waals surface area contributed by atoms with Gasteiger partial charge in [-0.3, -0.25) is 0 Å². The molecule has 0 heterocycles. The van der Waals surface area contributed by atoms with E-state index >= 15 is 0 Å². The van der Waals surface area contributed by atoms with Gasteiger partial charge in [0.25, 0.3) is 0 Å². The number of nitrogens with zero attached hydrogens (tertiary/aromatic N) is 1. The lowest BCUT2D eigenvalue weighted by molar-refractivity contribution is 0.415. The SMILES string of the molecule is COc1cc(N)cc(Nc2c(C#N)cccc2OC)c1. The summed E-state index contributed by atoms with van der Waals surface area (Å²) in [5.74, 6) is 1.23. The van der Waals surface area contributed by atoms with E-state index in [1.54, 1.807) is 50.6 Å². The molecule has 0 aliphatic heterocycles. The molecule has 0 aliphatic rings. The Bertz CT molecular complexity index is 663. The number of nitrogen functional groups attached to an aromatic ring is 1. The summed E-state index contributed by atoms with van der Waals surface area (Å²) < 4.78 is 10.4. The summed E-state index contributed by atoms with van der Waals surface area (Å²) >= 11 is 0. The number of anilines is 3. The fraction of sp³-hybridized carbons (Fsp3) is 0.133. The number of methoxy groups -OCH3 is 2. The van der Waals surface area contributed by atoms with Gasteiger partial charge < -0.3 is 20.5 Å². The van der Waals surface area contributed by atoms with Crippen LogP contribution in [0, 0.1) is 11.3 Å². The average molecular weight is 269 g/mol. The molecule has 0 spiro atoms. The van der Waals surface area contributed by atoms with Crippen LogP contribution in [0.4, 0.5) is 17.1 Å². The minimum Gasteiger partial charge on any atom is -0.497 e. The molecule has 5 heteroatoms. The molecule has 0 fully saturated rings. The summed E-state index contributed by atoms with van der Waals surface area (Å²) in [6.07, 6.45) is 0. The molecule has 2 aromatic carbocycles. The number of para-hydroxylation sites is 1. The summed E-state index contributed by atoms with van der Waals surface area (Å²) in [7, 11) is 3.13. The Balaban J connectivity index is 2.44. The molecule has 102 valence electrons. The molecule has 5 nitrogen and oxygen atoms in total. The van der Waals surface area contributed by atoms with Crippen LogP contribution in [-0.4, -0.2) is 14.2 Å². The first-order chi connectivity index (χ1) is 9.67. The van der Waals surface area contributed by atoms with E-state index in [2.05, 4.69) is 11.4 Å². The largest absolute Gasteiger partial charge is 0.497 e. The number of nitrogens with two attached hydrogens (primary N) is 1. The molecule has 0 radical (unpaired) electrons. The first-order valence-corrected chi connectivity index (χ1v) is 5.96. The van der Waals surface area contributed by atoms with Crippen molar-refractivity contribution in [1.29, 1.82) is 5.26 Å². The highest BCUT2D eigenvalue weighted by Gasteiger charge is 2.10. The van der Waals surface area contributed by atoms with Gasteiger partial charge in [-0.15, -0.1) is 0 Å². The highest BCUT2D eigenvalue weighted by molar-refractivity contribution is 5.75. The third-order valence-corrected chi connectivity index (χ3v) is 2.80. The van der Waals surface area contributed by atoms with Crippen LogP contribution >= 0.6 is 0 Å². The van der Waals surface area contributed by atoms with Gasteiger partial charge in [0.1, 0.15) is 17.6 Å². The number of ether oxygens (including phenoxy) is 2. The van der Waals surface area contributed by atoms with E-state index in [1.165, 1.54) is 0 Å². The van der Waals surface area contributed by atoms with Crippen LogP contribution in [0.25, 0.3) is 0 Å². The van der Waals surface area contributed by atoms with E-state index in [4.69, 9.17) is 15.2 Å². The quantitative estimate of drug-likeness (QED) is 0.834. The second-order valence-corrected chi connectivity index (χ2v) is 4.11. The van der Waals surface area contributed by atoms with Crippen LogP contribution < -0.4 is 20.5 Å². The third kappa shape index (κ3) is 2.75. The predicted octanol–water partition coefficient (Wildman–Crippen LogP) is 2.90. The van der Waals surface area contributed by atoms with E-state index in [1.807, 2.05) is 0 Å². The lowest BCUT2D eigenvalue weighted by atomic mass is 10.1. The zero-order valence-electron chi connectivity index (χ0n) is 11.3. The van der Waals surface area contributed by atoms with Crippen molar-refractivity contribution >= 4 is 17.1 Å². The molecule has 3 N–H and O–H groups in total. The Morgan fingerprint density at radius 1 is 1.15 bits per heavy atom. The van der Waals surface area contributed by atoms with E-state index in [0.717, 1.165) is 5.69 Å². The second-order valence-electron chi connectivity index (χ2n) is 4.11. The highest BCUT2D eigenvalue weighted by Crippen LogP contribution is 2.32. The number of hydrogen-bond donors (Lipinski definition) is 2. The number of nitrogens with one attached hydrogen (secondary N) is 1. The van der Waals surface area contributed by atoms with Crippen molar-refractivity contribution in [3.63, 3.8) is 0 Å². The average Bonchev–Trinajstić information content (AvgIpc) is 2.46. The first kappa shape index (κ1) is 13.6. The monoisotopic (exact) mass is 269 g/mol. The van der Waals surface area contributed by atoms with Gasteiger partial charge in [-0.25, -0.2) is 0 Å². The molecular weight excluding hydrogens is 254 g/mol. The fourth-order valence-corrected chi connectivity index (χ4v) is 1.88. The van der Waals surface area contributed by atoms with Crippen molar-refractivity contribution < 1.29 is 9.47 Å². The second kappa shape index (κ2) is 5.85. The van der Waals surface area contributed by atoms with Crippen LogP contribution in [-0.2, 0) is 0 Å². The van der Waals surface area contributed by atoms with E-state index in [9.17, 15) is 5.26 Å². The van der Waals surface area contributed by atoms with Crippen LogP contribution in [0.2, 0.25) is 0 Å². The number of rotatable bonds is 4. The lowest BCUT2D eigenvalue weighted by Crippen LogP contribution is -1.99. The summed E-state index contributed by atoms with van der Waals surface area (Å²) in [5.41, 5.74) is 8.20. The normalized spacial score (nSPS) is 9.65. The van der Waals surface area contributed by atoms with Gasteiger partial charge in [0, 0.05) is 23.5 Å². The van der Waals surface area contributed by atoms with Gasteiger partial charge in [0.2, 0.25) is 0 Å². The van der Waals surface area contributed by atoms with Gasteiger partial charge in [-0.1, -0.05) is 6.07 Å². The smallest absolute Gasteiger partial charge is 0.143 e. The van der Waals surface area contributed by atoms with Crippen molar-refractivity contribution in [3.05, 3.63) is 42.0 Å². The third-order valence-electron chi connectivity index (χ3n) is 2.80. The maximum atomic E-state index is 9.18. The molecule has 0 aromatic heterocycles. The Hall–Kier alpha value is -2.87. The Morgan fingerprint density at radius 3 is 2.60 bits per heavy atom. The lowest BCUT2D eigenvalue weighted by Gasteiger charge is -2.14. The molecule has 0 unspecified atom stereocenters. The molecule has 0 bridgehead atoms. The van der Waals surface area contributed by atoms with Crippen LogP contribution in [0.3, 0.4) is 0 Å². The van der Waals surface area contributed by atoms with Gasteiger partial charge in [0.15, 0.2) is 0 Å². The van der Waals surface area contributed by atoms with Crippen LogP contribution in [0.15, 0.2) is 36.4 Å². The zero-order valence-corrected chi connectivity index (χ0v) is 11.3. The van der Waals surface area contributed by atoms with Crippen molar-refractivity contribution in [2.75, 3.05) is 25.3 Å². The van der Waals surface area contributed by atoms with Crippen molar-refractivity contribution in [3.8, 4) is 17.6 Å². The molecule has 2 aromatic rings. The topological polar surface area (TPSA) is 80.3 Å². The van der Waals surface area contributed by atoms with Crippen molar-refractivity contribution in [1.82, 2.24) is 0 Å². The van der Waals surface area contributed by atoms with Crippen LogP contribution in [0.5, 0.6) is 11.5 Å². The molecule has 0 saturated heterocycles. The van der Waals surface area contributed by atoms with Gasteiger partial charge in [0.05, 0.1) is 25.5 Å². The standard InChI is InChI=1S/C15H15N3O2/c1-19-13-7-11(17)6-12(8-13)18-15-10(9-16)4-3-5-14(15)20-2/h3-8,18H,17H2,1-2H3. The van der Waals surface area contributed by atoms with Gasteiger partial charge in [-0.05, 0) is 18.2 Å². The Morgan fingerprint density at radius 2 is 1.95 bits per heavy atom. The Labute approximate surface area is 117 Å². The summed E-state index contributed by atoms with van der Waals surface area (Å²) in [6, 6.07) is 12.7. The molecule has 0 saturated carbocycles. The molecule has 0 aliphatic carbocycles. The minimum atomic E-state index is 0.491. The molecule has 0 atom stereocenters. The van der Waals surface area contributed by atoms with Crippen molar-refractivity contribution in [2.24, 2.45) is 0 Å². The number of nitriles is 1. The maximum Gasteiger partial charge on any atom is 0.143 e. The van der Waals surface area contributed by atoms with Gasteiger partial charge in [-0.2, -0.15) is 5.26 Å². The molecule has 2 rings (SSSR count). The summed E-state index contributed by atoms with van der Waals surface area (Å²) in [4.78, 5) is 0.